The molecule has 3 aliphatic rings. The molecular formula is C23H25N3O3. The van der Waals surface area contributed by atoms with Gasteiger partial charge in [0, 0.05) is 25.3 Å². The van der Waals surface area contributed by atoms with Crippen molar-refractivity contribution in [1.29, 1.82) is 0 Å². The molecule has 1 aliphatic carbocycles. The highest BCUT2D eigenvalue weighted by atomic mass is 16.5. The topological polar surface area (TPSA) is 61.9 Å². The van der Waals surface area contributed by atoms with Crippen LogP contribution in [0.3, 0.4) is 0 Å². The molecule has 1 saturated carbocycles. The largest absolute Gasteiger partial charge is 0.378 e. The molecule has 29 heavy (non-hydrogen) atoms. The van der Waals surface area contributed by atoms with Gasteiger partial charge in [-0.25, -0.2) is 0 Å². The highest BCUT2D eigenvalue weighted by molar-refractivity contribution is 6.05. The fraction of sp³-hybridized carbons (Fsp3) is 0.391. The van der Waals surface area contributed by atoms with Crippen molar-refractivity contribution in [1.82, 2.24) is 0 Å². The maximum Gasteiger partial charge on any atom is 0.230 e. The van der Waals surface area contributed by atoms with Crippen molar-refractivity contribution in [3.05, 3.63) is 54.1 Å². The van der Waals surface area contributed by atoms with E-state index >= 15 is 0 Å². The number of carbonyl (C=O) groups is 2. The molecule has 150 valence electrons. The number of fused-ring (bicyclic) bond motifs is 1. The molecule has 6 nitrogen and oxygen atoms in total. The van der Waals surface area contributed by atoms with Gasteiger partial charge < -0.3 is 19.9 Å². The smallest absolute Gasteiger partial charge is 0.230 e. The Morgan fingerprint density at radius 3 is 2.45 bits per heavy atom. The molecule has 2 unspecified atom stereocenters. The number of rotatable bonds is 4. The fourth-order valence-electron chi connectivity index (χ4n) is 4.41. The van der Waals surface area contributed by atoms with Gasteiger partial charge in [0.2, 0.25) is 11.8 Å². The summed E-state index contributed by atoms with van der Waals surface area (Å²) in [5.74, 6) is -0.433. The summed E-state index contributed by atoms with van der Waals surface area (Å²) >= 11 is 0. The van der Waals surface area contributed by atoms with Gasteiger partial charge in [0.1, 0.15) is 0 Å². The minimum absolute atomic E-state index is 0.0588. The molecule has 2 fully saturated rings. The van der Waals surface area contributed by atoms with E-state index in [1.807, 2.05) is 47.4 Å². The summed E-state index contributed by atoms with van der Waals surface area (Å²) in [6, 6.07) is 15.9. The van der Waals surface area contributed by atoms with Crippen LogP contribution in [0.15, 0.2) is 48.5 Å². The van der Waals surface area contributed by atoms with Crippen molar-refractivity contribution in [2.45, 2.75) is 12.8 Å². The molecule has 2 heterocycles. The SMILES string of the molecule is O=C(Nc1ccccc1N1CCOCC1)C1CC1C(=O)N1CCc2ccccc21. The third kappa shape index (κ3) is 3.49. The third-order valence-corrected chi connectivity index (χ3v) is 6.11. The molecule has 1 saturated heterocycles. The molecule has 2 aromatic rings. The summed E-state index contributed by atoms with van der Waals surface area (Å²) in [5.41, 5.74) is 4.04. The zero-order valence-electron chi connectivity index (χ0n) is 16.3. The third-order valence-electron chi connectivity index (χ3n) is 6.11. The van der Waals surface area contributed by atoms with Gasteiger partial charge in [0.25, 0.3) is 0 Å². The number of benzene rings is 2. The van der Waals surface area contributed by atoms with E-state index in [1.54, 1.807) is 0 Å². The molecule has 2 aliphatic heterocycles. The van der Waals surface area contributed by atoms with E-state index < -0.39 is 0 Å². The number of anilines is 3. The number of nitrogens with one attached hydrogen (secondary N) is 1. The molecule has 0 spiro atoms. The summed E-state index contributed by atoms with van der Waals surface area (Å²) in [7, 11) is 0. The first-order chi connectivity index (χ1) is 14.2. The number of nitrogens with zero attached hydrogens (tertiary/aromatic N) is 2. The van der Waals surface area contributed by atoms with E-state index in [2.05, 4.69) is 16.3 Å². The number of carbonyl (C=O) groups excluding carboxylic acids is 2. The number of ether oxygens (including phenoxy) is 1. The van der Waals surface area contributed by atoms with Crippen LogP contribution in [-0.4, -0.2) is 44.7 Å². The van der Waals surface area contributed by atoms with Gasteiger partial charge in [0.15, 0.2) is 0 Å². The lowest BCUT2D eigenvalue weighted by molar-refractivity contribution is -0.123. The fourth-order valence-corrected chi connectivity index (χ4v) is 4.41. The van der Waals surface area contributed by atoms with Crippen molar-refractivity contribution >= 4 is 28.9 Å². The van der Waals surface area contributed by atoms with Crippen LogP contribution in [0.2, 0.25) is 0 Å². The average molecular weight is 391 g/mol. The minimum atomic E-state index is -0.243. The Labute approximate surface area is 170 Å². The Bertz CT molecular complexity index is 938. The van der Waals surface area contributed by atoms with Gasteiger partial charge in [-0.15, -0.1) is 0 Å². The lowest BCUT2D eigenvalue weighted by Crippen LogP contribution is -2.37. The van der Waals surface area contributed by atoms with Crippen molar-refractivity contribution in [2.24, 2.45) is 11.8 Å². The maximum absolute atomic E-state index is 13.0. The van der Waals surface area contributed by atoms with E-state index in [0.717, 1.165) is 36.6 Å². The van der Waals surface area contributed by atoms with Crippen LogP contribution in [0.1, 0.15) is 12.0 Å². The van der Waals surface area contributed by atoms with Crippen LogP contribution in [0.25, 0.3) is 0 Å². The number of hydrogen-bond acceptors (Lipinski definition) is 4. The van der Waals surface area contributed by atoms with Crippen molar-refractivity contribution in [3.63, 3.8) is 0 Å². The summed E-state index contributed by atoms with van der Waals surface area (Å²) in [6.45, 7) is 3.72. The lowest BCUT2D eigenvalue weighted by atomic mass is 10.2. The van der Waals surface area contributed by atoms with Crippen LogP contribution < -0.4 is 15.1 Å². The summed E-state index contributed by atoms with van der Waals surface area (Å²) < 4.78 is 5.43. The number of hydrogen-bond donors (Lipinski definition) is 1. The number of morpholine rings is 1. The molecule has 0 radical (unpaired) electrons. The molecule has 5 rings (SSSR count). The van der Waals surface area contributed by atoms with E-state index in [9.17, 15) is 9.59 Å². The zero-order chi connectivity index (χ0) is 19.8. The van der Waals surface area contributed by atoms with Gasteiger partial charge in [-0.05, 0) is 36.6 Å². The standard InChI is InChI=1S/C23H25N3O3/c27-22(24-19-6-2-4-8-21(19)25-11-13-29-14-12-25)17-15-18(17)23(28)26-10-9-16-5-1-3-7-20(16)26/h1-8,17-18H,9-15H2,(H,24,27). The number of para-hydroxylation sites is 3. The van der Waals surface area contributed by atoms with Gasteiger partial charge in [-0.2, -0.15) is 0 Å². The zero-order valence-corrected chi connectivity index (χ0v) is 16.3. The lowest BCUT2D eigenvalue weighted by Gasteiger charge is -2.30. The second kappa shape index (κ2) is 7.52. The Morgan fingerprint density at radius 1 is 0.897 bits per heavy atom. The quantitative estimate of drug-likeness (QED) is 0.871. The van der Waals surface area contributed by atoms with Crippen molar-refractivity contribution < 1.29 is 14.3 Å². The maximum atomic E-state index is 13.0. The van der Waals surface area contributed by atoms with E-state index in [0.29, 0.717) is 26.2 Å². The van der Waals surface area contributed by atoms with E-state index in [-0.39, 0.29) is 23.7 Å². The average Bonchev–Trinajstić information content (AvgIpc) is 3.46. The molecule has 2 aromatic carbocycles. The van der Waals surface area contributed by atoms with Crippen LogP contribution in [0, 0.1) is 11.8 Å². The van der Waals surface area contributed by atoms with Crippen LogP contribution >= 0.6 is 0 Å². The summed E-state index contributed by atoms with van der Waals surface area (Å²) in [6.07, 6.45) is 1.52. The summed E-state index contributed by atoms with van der Waals surface area (Å²) in [5, 5.41) is 3.07. The first-order valence-corrected chi connectivity index (χ1v) is 10.3. The van der Waals surface area contributed by atoms with Crippen LogP contribution in [0.4, 0.5) is 17.1 Å². The molecule has 6 heteroatoms. The Hall–Kier alpha value is -2.86. The van der Waals surface area contributed by atoms with Crippen molar-refractivity contribution in [2.75, 3.05) is 48.0 Å². The van der Waals surface area contributed by atoms with Gasteiger partial charge in [0.05, 0.1) is 36.4 Å². The predicted molar refractivity (Wildman–Crippen MR) is 112 cm³/mol. The first-order valence-electron chi connectivity index (χ1n) is 10.3. The Kier molecular flexibility index (Phi) is 4.72. The molecule has 2 atom stereocenters. The normalized spacial score (nSPS) is 22.9. The van der Waals surface area contributed by atoms with Gasteiger partial charge in [-0.3, -0.25) is 9.59 Å². The molecular weight excluding hydrogens is 366 g/mol. The minimum Gasteiger partial charge on any atom is -0.378 e. The van der Waals surface area contributed by atoms with Gasteiger partial charge >= 0.3 is 0 Å². The highest BCUT2D eigenvalue weighted by Crippen LogP contribution is 2.43. The second-order valence-electron chi connectivity index (χ2n) is 7.92. The van der Waals surface area contributed by atoms with Crippen LogP contribution in [-0.2, 0) is 20.7 Å². The first kappa shape index (κ1) is 18.2. The molecule has 0 bridgehead atoms. The second-order valence-corrected chi connectivity index (χ2v) is 7.92. The predicted octanol–water partition coefficient (Wildman–Crippen LogP) is 2.69. The molecule has 1 N–H and O–H groups in total. The molecule has 0 aromatic heterocycles. The van der Waals surface area contributed by atoms with Crippen molar-refractivity contribution in [3.8, 4) is 0 Å². The Balaban J connectivity index is 1.25. The van der Waals surface area contributed by atoms with E-state index in [4.69, 9.17) is 4.74 Å². The monoisotopic (exact) mass is 391 g/mol. The van der Waals surface area contributed by atoms with Crippen LogP contribution in [0.5, 0.6) is 0 Å². The van der Waals surface area contributed by atoms with Gasteiger partial charge in [-0.1, -0.05) is 30.3 Å². The van der Waals surface area contributed by atoms with E-state index in [1.165, 1.54) is 5.56 Å². The molecule has 2 amide bonds. The summed E-state index contributed by atoms with van der Waals surface area (Å²) in [4.78, 5) is 29.9. The Morgan fingerprint density at radius 2 is 1.62 bits per heavy atom. The highest BCUT2D eigenvalue weighted by Gasteiger charge is 2.50. The number of amides is 2.